The molecule has 1 aromatic heterocycles. The molecule has 0 spiro atoms. The number of hydrogen-bond donors (Lipinski definition) is 4. The molecule has 6 N–H and O–H groups in total. The first-order valence-electron chi connectivity index (χ1n) is 6.93. The minimum atomic E-state index is -0.341. The van der Waals surface area contributed by atoms with Gasteiger partial charge in [-0.15, -0.1) is 5.10 Å². The van der Waals surface area contributed by atoms with Gasteiger partial charge in [0.15, 0.2) is 0 Å². The minimum Gasteiger partial charge on any atom is -0.492 e. The lowest BCUT2D eigenvalue weighted by molar-refractivity contribution is 0.0938. The number of nitrogens with zero attached hydrogens (tertiary/aromatic N) is 2. The van der Waals surface area contributed by atoms with Crippen LogP contribution in [0.4, 0.5) is 5.95 Å². The topological polar surface area (TPSA) is 132 Å². The fourth-order valence-corrected chi connectivity index (χ4v) is 1.90. The van der Waals surface area contributed by atoms with E-state index in [2.05, 4.69) is 20.5 Å². The van der Waals surface area contributed by atoms with Gasteiger partial charge in [0.25, 0.3) is 5.91 Å². The van der Waals surface area contributed by atoms with Crippen molar-refractivity contribution >= 4 is 11.9 Å². The van der Waals surface area contributed by atoms with Crippen LogP contribution in [0.3, 0.4) is 0 Å². The highest BCUT2D eigenvalue weighted by Gasteiger charge is 2.15. The van der Waals surface area contributed by atoms with Crippen molar-refractivity contribution in [2.75, 3.05) is 18.9 Å². The molecule has 1 heterocycles. The number of anilines is 1. The van der Waals surface area contributed by atoms with Gasteiger partial charge in [0.05, 0.1) is 6.04 Å². The Morgan fingerprint density at radius 1 is 1.50 bits per heavy atom. The molecule has 8 nitrogen and oxygen atoms in total. The molecule has 8 heteroatoms. The van der Waals surface area contributed by atoms with E-state index >= 15 is 0 Å². The van der Waals surface area contributed by atoms with E-state index in [1.807, 2.05) is 13.0 Å². The summed E-state index contributed by atoms with van der Waals surface area (Å²) in [6, 6.07) is 4.92. The highest BCUT2D eigenvalue weighted by Crippen LogP contribution is 2.20. The maximum Gasteiger partial charge on any atom is 0.251 e. The second-order valence-electron chi connectivity index (χ2n) is 4.89. The van der Waals surface area contributed by atoms with Gasteiger partial charge in [0.1, 0.15) is 18.2 Å². The monoisotopic (exact) mass is 304 g/mol. The number of H-pyrrole nitrogens is 1. The zero-order valence-corrected chi connectivity index (χ0v) is 12.6. The van der Waals surface area contributed by atoms with Gasteiger partial charge in [-0.3, -0.25) is 9.89 Å². The average molecular weight is 304 g/mol. The van der Waals surface area contributed by atoms with Crippen molar-refractivity contribution in [1.82, 2.24) is 20.5 Å². The number of carbonyl (C=O) groups is 1. The molecule has 0 unspecified atom stereocenters. The number of hydrogen-bond acceptors (Lipinski definition) is 6. The van der Waals surface area contributed by atoms with Gasteiger partial charge < -0.3 is 21.5 Å². The third-order valence-corrected chi connectivity index (χ3v) is 3.10. The first-order chi connectivity index (χ1) is 10.5. The van der Waals surface area contributed by atoms with Crippen molar-refractivity contribution < 1.29 is 9.53 Å². The van der Waals surface area contributed by atoms with Crippen LogP contribution in [-0.2, 0) is 0 Å². The first-order valence-corrected chi connectivity index (χ1v) is 6.93. The lowest BCUT2D eigenvalue weighted by Crippen LogP contribution is -2.27. The first kappa shape index (κ1) is 15.8. The van der Waals surface area contributed by atoms with Crippen molar-refractivity contribution in [3.05, 3.63) is 35.2 Å². The quantitative estimate of drug-likeness (QED) is 0.615. The van der Waals surface area contributed by atoms with Crippen molar-refractivity contribution in [1.29, 1.82) is 0 Å². The summed E-state index contributed by atoms with van der Waals surface area (Å²) in [7, 11) is 0. The summed E-state index contributed by atoms with van der Waals surface area (Å²) in [6.07, 6.45) is 0. The van der Waals surface area contributed by atoms with Crippen LogP contribution in [-0.4, -0.2) is 34.2 Å². The third-order valence-electron chi connectivity index (χ3n) is 3.10. The standard InChI is InChI=1S/C14H20N6O2/c1-8-3-4-10(7-11(8)22-6-5-15)13(21)17-9(2)12-18-14(16)20-19-12/h3-4,7,9H,5-6,15H2,1-2H3,(H,17,21)(H3,16,18,19,20)/t9-/m1/s1. The van der Waals surface area contributed by atoms with Crippen LogP contribution >= 0.6 is 0 Å². The fraction of sp³-hybridized carbons (Fsp3) is 0.357. The van der Waals surface area contributed by atoms with E-state index in [1.54, 1.807) is 19.1 Å². The van der Waals surface area contributed by atoms with Crippen LogP contribution in [0.1, 0.15) is 34.7 Å². The smallest absolute Gasteiger partial charge is 0.251 e. The number of aromatic nitrogens is 3. The summed E-state index contributed by atoms with van der Waals surface area (Å²) < 4.78 is 5.52. The summed E-state index contributed by atoms with van der Waals surface area (Å²) in [5, 5.41) is 9.23. The molecule has 2 rings (SSSR count). The molecule has 0 fully saturated rings. The van der Waals surface area contributed by atoms with Crippen LogP contribution < -0.4 is 21.5 Å². The van der Waals surface area contributed by atoms with E-state index in [0.717, 1.165) is 5.56 Å². The van der Waals surface area contributed by atoms with Gasteiger partial charge in [-0.1, -0.05) is 6.07 Å². The highest BCUT2D eigenvalue weighted by molar-refractivity contribution is 5.94. The van der Waals surface area contributed by atoms with Crippen LogP contribution in [0.2, 0.25) is 0 Å². The van der Waals surface area contributed by atoms with Gasteiger partial charge in [-0.2, -0.15) is 4.98 Å². The molecular weight excluding hydrogens is 284 g/mol. The Morgan fingerprint density at radius 3 is 2.91 bits per heavy atom. The summed E-state index contributed by atoms with van der Waals surface area (Å²) in [6.45, 7) is 4.52. The van der Waals surface area contributed by atoms with E-state index < -0.39 is 0 Å². The highest BCUT2D eigenvalue weighted by atomic mass is 16.5. The number of carbonyl (C=O) groups excluding carboxylic acids is 1. The molecule has 1 aromatic carbocycles. The molecule has 0 saturated heterocycles. The molecule has 0 aliphatic carbocycles. The van der Waals surface area contributed by atoms with Crippen LogP contribution in [0.25, 0.3) is 0 Å². The third kappa shape index (κ3) is 3.73. The maximum atomic E-state index is 12.3. The lowest BCUT2D eigenvalue weighted by Gasteiger charge is -2.13. The number of nitrogens with two attached hydrogens (primary N) is 2. The van der Waals surface area contributed by atoms with Crippen molar-refractivity contribution in [3.63, 3.8) is 0 Å². The van der Waals surface area contributed by atoms with E-state index in [1.165, 1.54) is 0 Å². The summed E-state index contributed by atoms with van der Waals surface area (Å²) >= 11 is 0. The Bertz CT molecular complexity index is 655. The van der Waals surface area contributed by atoms with Gasteiger partial charge in [-0.05, 0) is 31.5 Å². The second-order valence-corrected chi connectivity index (χ2v) is 4.89. The van der Waals surface area contributed by atoms with Gasteiger partial charge in [0.2, 0.25) is 5.95 Å². The Morgan fingerprint density at radius 2 is 2.27 bits per heavy atom. The zero-order valence-electron chi connectivity index (χ0n) is 12.6. The lowest BCUT2D eigenvalue weighted by atomic mass is 10.1. The molecule has 22 heavy (non-hydrogen) atoms. The van der Waals surface area contributed by atoms with Crippen LogP contribution in [0.5, 0.6) is 5.75 Å². The SMILES string of the molecule is Cc1ccc(C(=O)N[C@H](C)c2nc(N)n[nH]2)cc1OCCN. The summed E-state index contributed by atoms with van der Waals surface area (Å²) in [5.74, 6) is 1.05. The molecule has 2 aromatic rings. The van der Waals surface area contributed by atoms with Crippen molar-refractivity contribution in [2.24, 2.45) is 5.73 Å². The number of aryl methyl sites for hydroxylation is 1. The molecule has 0 radical (unpaired) electrons. The molecule has 118 valence electrons. The Labute approximate surface area is 128 Å². The molecule has 0 aliphatic heterocycles. The second kappa shape index (κ2) is 6.90. The Kier molecular flexibility index (Phi) is 4.95. The molecule has 1 atom stereocenters. The van der Waals surface area contributed by atoms with E-state index in [9.17, 15) is 4.79 Å². The largest absolute Gasteiger partial charge is 0.492 e. The van der Waals surface area contributed by atoms with Crippen LogP contribution in [0, 0.1) is 6.92 Å². The number of rotatable bonds is 6. The predicted molar refractivity (Wildman–Crippen MR) is 82.4 cm³/mol. The number of nitrogens with one attached hydrogen (secondary N) is 2. The normalized spacial score (nSPS) is 12.0. The number of benzene rings is 1. The Balaban J connectivity index is 2.08. The van der Waals surface area contributed by atoms with Gasteiger partial charge in [0, 0.05) is 12.1 Å². The fourth-order valence-electron chi connectivity index (χ4n) is 1.90. The molecule has 0 aliphatic rings. The van der Waals surface area contributed by atoms with E-state index in [0.29, 0.717) is 30.3 Å². The minimum absolute atomic E-state index is 0.143. The van der Waals surface area contributed by atoms with Crippen molar-refractivity contribution in [3.8, 4) is 5.75 Å². The molecule has 0 bridgehead atoms. The van der Waals surface area contributed by atoms with E-state index in [4.69, 9.17) is 16.2 Å². The zero-order chi connectivity index (χ0) is 16.1. The molecular formula is C14H20N6O2. The predicted octanol–water partition coefficient (Wildman–Crippen LogP) is 0.524. The van der Waals surface area contributed by atoms with Crippen molar-refractivity contribution in [2.45, 2.75) is 19.9 Å². The van der Waals surface area contributed by atoms with Gasteiger partial charge >= 0.3 is 0 Å². The molecule has 1 amide bonds. The number of ether oxygens (including phenoxy) is 1. The summed E-state index contributed by atoms with van der Waals surface area (Å²) in [5.41, 5.74) is 12.3. The molecule has 0 saturated carbocycles. The van der Waals surface area contributed by atoms with Crippen LogP contribution in [0.15, 0.2) is 18.2 Å². The maximum absolute atomic E-state index is 12.3. The van der Waals surface area contributed by atoms with Gasteiger partial charge in [-0.25, -0.2) is 0 Å². The Hall–Kier alpha value is -2.61. The van der Waals surface area contributed by atoms with E-state index in [-0.39, 0.29) is 17.9 Å². The number of amides is 1. The number of nitrogen functional groups attached to an aromatic ring is 1. The average Bonchev–Trinajstić information content (AvgIpc) is 2.93. The summed E-state index contributed by atoms with van der Waals surface area (Å²) in [4.78, 5) is 16.3. The number of aromatic amines is 1.